The van der Waals surface area contributed by atoms with Gasteiger partial charge < -0.3 is 19.4 Å². The highest BCUT2D eigenvalue weighted by atomic mass is 16.6. The number of para-hydroxylation sites is 1. The molecule has 3 saturated carbocycles. The van der Waals surface area contributed by atoms with Gasteiger partial charge in [-0.15, -0.1) is 0 Å². The maximum Gasteiger partial charge on any atom is 0.412 e. The number of benzene rings is 1. The summed E-state index contributed by atoms with van der Waals surface area (Å²) >= 11 is 0. The third-order valence-corrected chi connectivity index (χ3v) is 10.7. The second-order valence-corrected chi connectivity index (χ2v) is 12.1. The fourth-order valence-electron chi connectivity index (χ4n) is 8.91. The molecule has 11 atom stereocenters. The van der Waals surface area contributed by atoms with Gasteiger partial charge >= 0.3 is 6.09 Å². The molecule has 188 valence electrons. The number of hydrogen-bond donors (Lipinski definition) is 2. The molecule has 0 radical (unpaired) electrons. The molecule has 0 aromatic heterocycles. The number of hydrogen-bond acceptors (Lipinski definition) is 5. The summed E-state index contributed by atoms with van der Waals surface area (Å²) in [4.78, 5) is 24.8. The molecule has 1 aliphatic heterocycles. The predicted octanol–water partition coefficient (Wildman–Crippen LogP) is 4.98. The van der Waals surface area contributed by atoms with Gasteiger partial charge in [-0.3, -0.25) is 5.32 Å². The van der Waals surface area contributed by atoms with Crippen molar-refractivity contribution in [3.05, 3.63) is 42.0 Å². The van der Waals surface area contributed by atoms with Gasteiger partial charge in [0.15, 0.2) is 0 Å². The van der Waals surface area contributed by atoms with E-state index in [0.29, 0.717) is 29.9 Å². The molecule has 4 fully saturated rings. The van der Waals surface area contributed by atoms with Crippen LogP contribution < -0.4 is 5.32 Å². The van der Waals surface area contributed by atoms with Gasteiger partial charge in [0.05, 0.1) is 12.2 Å². The monoisotopic (exact) mass is 479 g/mol. The summed E-state index contributed by atoms with van der Waals surface area (Å²) in [5.41, 5.74) is 1.81. The lowest BCUT2D eigenvalue weighted by Gasteiger charge is -2.58. The number of ether oxygens (including phenoxy) is 2. The maximum atomic E-state index is 13.0. The van der Waals surface area contributed by atoms with Crippen molar-refractivity contribution in [3.63, 3.8) is 0 Å². The van der Waals surface area contributed by atoms with Gasteiger partial charge in [0.1, 0.15) is 18.5 Å². The highest BCUT2D eigenvalue weighted by Gasteiger charge is 2.69. The Morgan fingerprint density at radius 3 is 2.71 bits per heavy atom. The Hall–Kier alpha value is -2.18. The van der Waals surface area contributed by atoms with Crippen molar-refractivity contribution in [3.8, 4) is 0 Å². The van der Waals surface area contributed by atoms with Crippen LogP contribution in [-0.4, -0.2) is 41.9 Å². The minimum atomic E-state index is -0.493. The van der Waals surface area contributed by atoms with Crippen LogP contribution in [0.5, 0.6) is 0 Å². The zero-order valence-electron chi connectivity index (χ0n) is 20.9. The first kappa shape index (κ1) is 23.2. The van der Waals surface area contributed by atoms with Crippen LogP contribution in [0.25, 0.3) is 0 Å². The van der Waals surface area contributed by atoms with E-state index in [1.807, 2.05) is 30.3 Å². The molecular weight excluding hydrogens is 442 g/mol. The molecule has 6 heteroatoms. The molecule has 1 amide bonds. The van der Waals surface area contributed by atoms with Crippen LogP contribution in [-0.2, 0) is 14.3 Å². The maximum absolute atomic E-state index is 13.0. The van der Waals surface area contributed by atoms with E-state index in [1.54, 1.807) is 0 Å². The Labute approximate surface area is 207 Å². The van der Waals surface area contributed by atoms with Crippen molar-refractivity contribution in [2.75, 3.05) is 5.32 Å². The average Bonchev–Trinajstić information content (AvgIpc) is 3.58. The van der Waals surface area contributed by atoms with Crippen LogP contribution in [0.1, 0.15) is 52.9 Å². The topological polar surface area (TPSA) is 88.2 Å². The van der Waals surface area contributed by atoms with Gasteiger partial charge in [0.25, 0.3) is 0 Å². The van der Waals surface area contributed by atoms with Crippen LogP contribution in [0.4, 0.5) is 10.5 Å². The molecule has 6 nitrogen and oxygen atoms in total. The molecule has 4 aliphatic carbocycles. The van der Waals surface area contributed by atoms with E-state index in [9.17, 15) is 14.7 Å². The standard InChI is InChI=1S/C29H37NO5/c1-16(15-31)19-9-10-20-24-21(11-12-28(19,20)2)29(3)17(13-22(32)25-26(29)35-25)14-23(24)34-27(33)30-18-7-5-4-6-8-18/h4-8,14-16,19-26,32H,9-13H2,1-3H3,(H,30,33)/t16?,19-,20+,21+,22-,23-,24+,25+,26+,28-,29+/m1/s1. The molecule has 5 aliphatic rings. The number of aliphatic hydroxyl groups is 1. The lowest BCUT2D eigenvalue weighted by molar-refractivity contribution is -0.118. The SMILES string of the molecule is CC(C=O)[C@H]1CC[C@H]2[C@@H]3[C@H](OC(=O)Nc4ccccc4)C=C4C[C@@H](O)[C@@H]5O[C@@H]5[C@]4(C)[C@H]3CC[C@]12C. The van der Waals surface area contributed by atoms with Gasteiger partial charge in [-0.2, -0.15) is 0 Å². The molecule has 35 heavy (non-hydrogen) atoms. The fourth-order valence-corrected chi connectivity index (χ4v) is 8.91. The molecule has 1 aromatic rings. The fraction of sp³-hybridized carbons (Fsp3) is 0.655. The lowest BCUT2D eigenvalue weighted by atomic mass is 9.46. The number of rotatable bonds is 4. The Morgan fingerprint density at radius 1 is 1.20 bits per heavy atom. The summed E-state index contributed by atoms with van der Waals surface area (Å²) in [7, 11) is 0. The Morgan fingerprint density at radius 2 is 1.97 bits per heavy atom. The normalized spacial score (nSPS) is 46.1. The number of aliphatic hydroxyl groups excluding tert-OH is 1. The van der Waals surface area contributed by atoms with Crippen LogP contribution in [0.15, 0.2) is 42.0 Å². The summed E-state index contributed by atoms with van der Waals surface area (Å²) in [6, 6.07) is 9.38. The van der Waals surface area contributed by atoms with Crippen LogP contribution in [0.3, 0.4) is 0 Å². The Balaban J connectivity index is 1.35. The van der Waals surface area contributed by atoms with Gasteiger partial charge in [-0.05, 0) is 73.5 Å². The quantitative estimate of drug-likeness (QED) is 0.361. The summed E-state index contributed by atoms with van der Waals surface area (Å²) < 4.78 is 12.3. The largest absolute Gasteiger partial charge is 0.441 e. The second kappa shape index (κ2) is 8.17. The van der Waals surface area contributed by atoms with Crippen molar-refractivity contribution in [2.24, 2.45) is 40.4 Å². The van der Waals surface area contributed by atoms with E-state index in [0.717, 1.165) is 32.0 Å². The molecule has 1 heterocycles. The number of amides is 1. The smallest absolute Gasteiger partial charge is 0.412 e. The number of epoxide rings is 1. The number of aldehydes is 1. The lowest BCUT2D eigenvalue weighted by Crippen LogP contribution is -2.58. The second-order valence-electron chi connectivity index (χ2n) is 12.1. The molecule has 6 rings (SSSR count). The molecule has 1 unspecified atom stereocenters. The summed E-state index contributed by atoms with van der Waals surface area (Å²) in [5.74, 6) is 1.27. The van der Waals surface area contributed by atoms with Gasteiger partial charge in [0, 0.05) is 22.9 Å². The highest BCUT2D eigenvalue weighted by Crippen LogP contribution is 2.69. The summed E-state index contributed by atoms with van der Waals surface area (Å²) in [6.45, 7) is 6.75. The molecular formula is C29H37NO5. The first-order valence-corrected chi connectivity index (χ1v) is 13.3. The van der Waals surface area contributed by atoms with Crippen molar-refractivity contribution >= 4 is 18.1 Å². The van der Waals surface area contributed by atoms with Crippen LogP contribution >= 0.6 is 0 Å². The van der Waals surface area contributed by atoms with Crippen molar-refractivity contribution in [1.29, 1.82) is 0 Å². The number of anilines is 1. The first-order chi connectivity index (χ1) is 16.8. The molecule has 1 aromatic carbocycles. The van der Waals surface area contributed by atoms with Gasteiger partial charge in [-0.25, -0.2) is 4.79 Å². The highest BCUT2D eigenvalue weighted by molar-refractivity contribution is 5.84. The zero-order valence-corrected chi connectivity index (χ0v) is 20.9. The predicted molar refractivity (Wildman–Crippen MR) is 132 cm³/mol. The molecule has 1 saturated heterocycles. The summed E-state index contributed by atoms with van der Waals surface area (Å²) in [6.07, 6.45) is 6.72. The van der Waals surface area contributed by atoms with Gasteiger partial charge in [-0.1, -0.05) is 44.5 Å². The van der Waals surface area contributed by atoms with Crippen LogP contribution in [0, 0.1) is 40.4 Å². The molecule has 0 spiro atoms. The minimum Gasteiger partial charge on any atom is -0.441 e. The van der Waals surface area contributed by atoms with Crippen molar-refractivity contribution in [2.45, 2.75) is 77.3 Å². The van der Waals surface area contributed by atoms with Crippen LogP contribution in [0.2, 0.25) is 0 Å². The first-order valence-electron chi connectivity index (χ1n) is 13.3. The third kappa shape index (κ3) is 3.43. The van der Waals surface area contributed by atoms with E-state index in [4.69, 9.17) is 9.47 Å². The van der Waals surface area contributed by atoms with E-state index < -0.39 is 12.2 Å². The Kier molecular flexibility index (Phi) is 5.42. The Bertz CT molecular complexity index is 1040. The minimum absolute atomic E-state index is 0.0357. The van der Waals surface area contributed by atoms with E-state index in [-0.39, 0.29) is 41.0 Å². The average molecular weight is 480 g/mol. The number of fused-ring (bicyclic) bond motifs is 7. The number of carbonyl (C=O) groups excluding carboxylic acids is 2. The summed E-state index contributed by atoms with van der Waals surface area (Å²) in [5, 5.41) is 13.5. The van der Waals surface area contributed by atoms with E-state index in [1.165, 1.54) is 5.57 Å². The van der Waals surface area contributed by atoms with E-state index in [2.05, 4.69) is 32.2 Å². The van der Waals surface area contributed by atoms with Gasteiger partial charge in [0.2, 0.25) is 0 Å². The molecule has 0 bridgehead atoms. The third-order valence-electron chi connectivity index (χ3n) is 10.7. The van der Waals surface area contributed by atoms with Crippen molar-refractivity contribution < 1.29 is 24.2 Å². The van der Waals surface area contributed by atoms with E-state index >= 15 is 0 Å². The number of carbonyl (C=O) groups is 2. The molecule has 2 N–H and O–H groups in total. The zero-order chi connectivity index (χ0) is 24.5. The van der Waals surface area contributed by atoms with Crippen molar-refractivity contribution in [1.82, 2.24) is 0 Å². The number of nitrogens with one attached hydrogen (secondary N) is 1.